The molecule has 56 heavy (non-hydrogen) atoms. The molecule has 1 aliphatic heterocycles. The lowest BCUT2D eigenvalue weighted by molar-refractivity contribution is -0.222. The highest BCUT2D eigenvalue weighted by atomic mass is 32.2. The summed E-state index contributed by atoms with van der Waals surface area (Å²) in [7, 11) is -2.86. The average molecular weight is 790 g/mol. The third kappa shape index (κ3) is 6.46. The van der Waals surface area contributed by atoms with Crippen LogP contribution < -0.4 is 10.1 Å². The molecular formula is C47H71N3O5S. The summed E-state index contributed by atoms with van der Waals surface area (Å²) in [4.78, 5) is 19.2. The molecule has 7 aliphatic rings. The monoisotopic (exact) mass is 790 g/mol. The van der Waals surface area contributed by atoms with Crippen molar-refractivity contribution in [3.8, 4) is 5.75 Å². The highest BCUT2D eigenvalue weighted by molar-refractivity contribution is 7.91. The van der Waals surface area contributed by atoms with E-state index in [0.717, 1.165) is 43.7 Å². The van der Waals surface area contributed by atoms with Crippen LogP contribution in [0.15, 0.2) is 47.8 Å². The number of rotatable bonds is 10. The van der Waals surface area contributed by atoms with E-state index >= 15 is 0 Å². The van der Waals surface area contributed by atoms with Gasteiger partial charge in [-0.05, 0) is 152 Å². The fraction of sp³-hybridized carbons (Fsp3) is 0.787. The van der Waals surface area contributed by atoms with Crippen molar-refractivity contribution < 1.29 is 23.1 Å². The van der Waals surface area contributed by atoms with Gasteiger partial charge in [-0.3, -0.25) is 9.78 Å². The van der Waals surface area contributed by atoms with Crippen LogP contribution >= 0.6 is 0 Å². The van der Waals surface area contributed by atoms with Gasteiger partial charge in [0.15, 0.2) is 9.84 Å². The Morgan fingerprint density at radius 1 is 0.946 bits per heavy atom. The molecule has 8 rings (SSSR count). The molecule has 9 heteroatoms. The number of carboxylic acids is 1. The maximum Gasteiger partial charge on any atom is 0.313 e. The van der Waals surface area contributed by atoms with E-state index in [1.165, 1.54) is 68.9 Å². The second-order valence-corrected chi connectivity index (χ2v) is 23.3. The van der Waals surface area contributed by atoms with Crippen molar-refractivity contribution in [1.82, 2.24) is 15.2 Å². The molecule has 0 bridgehead atoms. The van der Waals surface area contributed by atoms with Crippen LogP contribution in [-0.4, -0.2) is 79.2 Å². The second kappa shape index (κ2) is 14.5. The summed E-state index contributed by atoms with van der Waals surface area (Å²) in [6.45, 7) is 19.0. The van der Waals surface area contributed by atoms with Gasteiger partial charge in [-0.25, -0.2) is 8.42 Å². The number of hydrogen-bond donors (Lipinski definition) is 2. The lowest BCUT2D eigenvalue weighted by atomic mass is 9.33. The number of aliphatic carboxylic acids is 1. The molecule has 6 aliphatic carbocycles. The Morgan fingerprint density at radius 2 is 1.73 bits per heavy atom. The van der Waals surface area contributed by atoms with E-state index in [1.54, 1.807) is 12.4 Å². The number of pyridine rings is 1. The number of sulfone groups is 1. The number of allylic oxidation sites excluding steroid dienone is 4. The third-order valence-electron chi connectivity index (χ3n) is 18.6. The van der Waals surface area contributed by atoms with Gasteiger partial charge in [0.25, 0.3) is 0 Å². The van der Waals surface area contributed by atoms with E-state index in [2.05, 4.69) is 68.9 Å². The van der Waals surface area contributed by atoms with E-state index in [4.69, 9.17) is 4.74 Å². The highest BCUT2D eigenvalue weighted by Crippen LogP contribution is 2.76. The fourth-order valence-corrected chi connectivity index (χ4v) is 16.6. The molecule has 1 aromatic rings. The van der Waals surface area contributed by atoms with Crippen LogP contribution in [0.25, 0.3) is 0 Å². The zero-order valence-electron chi connectivity index (χ0n) is 35.4. The van der Waals surface area contributed by atoms with E-state index in [0.29, 0.717) is 65.9 Å². The van der Waals surface area contributed by atoms with Gasteiger partial charge in [-0.15, -0.1) is 0 Å². The average Bonchev–Trinajstić information content (AvgIpc) is 3.54. The maximum absolute atomic E-state index is 12.7. The van der Waals surface area contributed by atoms with E-state index < -0.39 is 21.2 Å². The first-order chi connectivity index (χ1) is 26.5. The zero-order chi connectivity index (χ0) is 39.8. The van der Waals surface area contributed by atoms with Gasteiger partial charge in [0.1, 0.15) is 17.8 Å². The van der Waals surface area contributed by atoms with Gasteiger partial charge >= 0.3 is 5.97 Å². The standard InChI is InChI=1S/C47H71N3O5S/c1-7-33-14-21-47(49-25-26-50-27-29-56(53,54)30-28-50)23-22-44(5)37(40(33)47)10-11-39-43(4)17-15-36(42(2,3)38(43)16-18-45(39,44)6)34-12-19-46(20-13-34,41(51)52)32-55-35-9-8-24-48-31-35/h8-9,12,15,24,31,33,37-40,49H,7,10-11,13-14,16-23,25-30,32H2,1-6H3,(H,51,52)/t33-,37-,38+,39-,40-,43+,44-,45-,46?,47+/m1/s1. The molecular weight excluding hydrogens is 719 g/mol. The minimum Gasteiger partial charge on any atom is -0.491 e. The first-order valence-electron chi connectivity index (χ1n) is 22.4. The van der Waals surface area contributed by atoms with Crippen molar-refractivity contribution in [2.75, 3.05) is 44.3 Å². The SMILES string of the molecule is CC[C@@H]1CC[C@]2(NCCN3CCS(=O)(=O)CC3)CC[C@]3(C)[C@H](CC[C@@H]4[C@@]5(C)CC=C(C6=CCC(COc7cccnc7)(C(=O)O)CC6)C(C)(C)[C@@H]5CC[C@]43C)[C@@H]12. The summed E-state index contributed by atoms with van der Waals surface area (Å²) in [5, 5.41) is 14.7. The number of ether oxygens (including phenoxy) is 1. The van der Waals surface area contributed by atoms with Crippen molar-refractivity contribution >= 4 is 15.8 Å². The number of nitrogens with zero attached hydrogens (tertiary/aromatic N) is 2. The number of hydrogen-bond acceptors (Lipinski definition) is 7. The molecule has 5 fully saturated rings. The molecule has 10 atom stereocenters. The van der Waals surface area contributed by atoms with Crippen LogP contribution in [0.1, 0.15) is 125 Å². The molecule has 8 nitrogen and oxygen atoms in total. The van der Waals surface area contributed by atoms with Crippen LogP contribution in [-0.2, 0) is 14.6 Å². The molecule has 0 aromatic carbocycles. The summed E-state index contributed by atoms with van der Waals surface area (Å²) >= 11 is 0. The van der Waals surface area contributed by atoms with Crippen LogP contribution in [0.4, 0.5) is 0 Å². The molecule has 310 valence electrons. The molecule has 4 saturated carbocycles. The van der Waals surface area contributed by atoms with E-state index in [9.17, 15) is 18.3 Å². The molecule has 0 amide bonds. The number of fused-ring (bicyclic) bond motifs is 7. The molecule has 2 heterocycles. The largest absolute Gasteiger partial charge is 0.491 e. The number of nitrogens with one attached hydrogen (secondary N) is 1. The smallest absolute Gasteiger partial charge is 0.313 e. The molecule has 1 saturated heterocycles. The van der Waals surface area contributed by atoms with E-state index in [-0.39, 0.29) is 23.0 Å². The van der Waals surface area contributed by atoms with Gasteiger partial charge < -0.3 is 20.1 Å². The Kier molecular flexibility index (Phi) is 10.5. The number of carbonyl (C=O) groups is 1. The molecule has 1 unspecified atom stereocenters. The second-order valence-electron chi connectivity index (χ2n) is 21.0. The quantitative estimate of drug-likeness (QED) is 0.243. The van der Waals surface area contributed by atoms with Gasteiger partial charge in [0.05, 0.1) is 17.7 Å². The van der Waals surface area contributed by atoms with Crippen LogP contribution in [0.2, 0.25) is 0 Å². The van der Waals surface area contributed by atoms with Crippen molar-refractivity contribution in [2.45, 2.75) is 131 Å². The van der Waals surface area contributed by atoms with Crippen molar-refractivity contribution in [1.29, 1.82) is 0 Å². The zero-order valence-corrected chi connectivity index (χ0v) is 36.2. The Labute approximate surface area is 338 Å². The predicted octanol–water partition coefficient (Wildman–Crippen LogP) is 8.74. The van der Waals surface area contributed by atoms with Crippen LogP contribution in [0.3, 0.4) is 0 Å². The maximum atomic E-state index is 12.7. The highest BCUT2D eigenvalue weighted by Gasteiger charge is 2.70. The summed E-state index contributed by atoms with van der Waals surface area (Å²) in [5.74, 6) is 3.99. The van der Waals surface area contributed by atoms with E-state index in [1.807, 2.05) is 12.1 Å². The Bertz CT molecular complexity index is 1810. The molecule has 0 radical (unpaired) electrons. The predicted molar refractivity (Wildman–Crippen MR) is 223 cm³/mol. The number of carboxylic acid groups (broad SMARTS) is 1. The normalized spacial score (nSPS) is 42.9. The lowest BCUT2D eigenvalue weighted by Crippen LogP contribution is -2.68. The lowest BCUT2D eigenvalue weighted by Gasteiger charge is -2.72. The Hall–Kier alpha value is -2.23. The number of aromatic nitrogens is 1. The minimum atomic E-state index is -2.86. The summed E-state index contributed by atoms with van der Waals surface area (Å²) in [5.41, 5.74) is 3.02. The summed E-state index contributed by atoms with van der Waals surface area (Å²) in [6, 6.07) is 3.66. The minimum absolute atomic E-state index is 0.0241. The first-order valence-corrected chi connectivity index (χ1v) is 24.2. The van der Waals surface area contributed by atoms with Gasteiger partial charge in [0.2, 0.25) is 0 Å². The summed E-state index contributed by atoms with van der Waals surface area (Å²) < 4.78 is 30.1. The Balaban J connectivity index is 0.998. The fourth-order valence-electron chi connectivity index (χ4n) is 15.3. The van der Waals surface area contributed by atoms with Crippen molar-refractivity contribution in [2.24, 2.45) is 56.7 Å². The third-order valence-corrected chi connectivity index (χ3v) is 20.2. The first kappa shape index (κ1) is 40.5. The summed E-state index contributed by atoms with van der Waals surface area (Å²) in [6.07, 6.45) is 22.9. The Morgan fingerprint density at radius 3 is 2.41 bits per heavy atom. The van der Waals surface area contributed by atoms with Crippen LogP contribution in [0, 0.1) is 56.7 Å². The van der Waals surface area contributed by atoms with Crippen LogP contribution in [0.5, 0.6) is 5.75 Å². The molecule has 1 aromatic heterocycles. The van der Waals surface area contributed by atoms with Crippen molar-refractivity contribution in [3.63, 3.8) is 0 Å². The molecule has 2 N–H and O–H groups in total. The topological polar surface area (TPSA) is 109 Å². The van der Waals surface area contributed by atoms with Gasteiger partial charge in [-0.2, -0.15) is 0 Å². The van der Waals surface area contributed by atoms with Crippen molar-refractivity contribution in [3.05, 3.63) is 47.8 Å². The van der Waals surface area contributed by atoms with Gasteiger partial charge in [0, 0.05) is 37.9 Å². The van der Waals surface area contributed by atoms with Gasteiger partial charge in [-0.1, -0.05) is 60.1 Å². The molecule has 0 spiro atoms.